The summed E-state index contributed by atoms with van der Waals surface area (Å²) in [5, 5.41) is 13.7. The van der Waals surface area contributed by atoms with Crippen LogP contribution < -0.4 is 5.32 Å². The maximum atomic E-state index is 12.1. The second-order valence-corrected chi connectivity index (χ2v) is 6.42. The molecule has 0 fully saturated rings. The number of halogens is 1. The summed E-state index contributed by atoms with van der Waals surface area (Å²) < 4.78 is 0. The maximum absolute atomic E-state index is 12.1. The molecule has 2 aromatic carbocycles. The number of carbonyl (C=O) groups is 1. The number of carbonyl (C=O) groups excluding carboxylic acids is 1. The topological polar surface area (TPSA) is 49.3 Å². The van der Waals surface area contributed by atoms with E-state index in [0.29, 0.717) is 16.3 Å². The van der Waals surface area contributed by atoms with Crippen molar-refractivity contribution in [2.75, 3.05) is 0 Å². The highest BCUT2D eigenvalue weighted by Gasteiger charge is 2.32. The van der Waals surface area contributed by atoms with Crippen LogP contribution in [0.4, 0.5) is 0 Å². The molecule has 2 aromatic rings. The Kier molecular flexibility index (Phi) is 4.41. The van der Waals surface area contributed by atoms with Crippen LogP contribution in [-0.4, -0.2) is 17.1 Å². The predicted molar refractivity (Wildman–Crippen MR) is 89.0 cm³/mol. The second-order valence-electron chi connectivity index (χ2n) is 4.96. The molecule has 1 atom stereocenters. The summed E-state index contributed by atoms with van der Waals surface area (Å²) in [6.45, 7) is 0. The fourth-order valence-electron chi connectivity index (χ4n) is 2.30. The number of nitrogens with one attached hydrogen (secondary N) is 1. The van der Waals surface area contributed by atoms with Gasteiger partial charge in [-0.3, -0.25) is 4.79 Å². The minimum Gasteiger partial charge on any atom is -0.509 e. The minimum atomic E-state index is -0.389. The molecule has 3 nitrogen and oxygen atoms in total. The number of hydrogen-bond donors (Lipinski definition) is 2. The summed E-state index contributed by atoms with van der Waals surface area (Å²) >= 11 is 7.30. The van der Waals surface area contributed by atoms with Crippen molar-refractivity contribution in [2.45, 2.75) is 17.4 Å². The number of hydrogen-bond acceptors (Lipinski definition) is 3. The predicted octanol–water partition coefficient (Wildman–Crippen LogP) is 3.94. The van der Waals surface area contributed by atoms with E-state index in [4.69, 9.17) is 11.6 Å². The second kappa shape index (κ2) is 6.46. The number of aliphatic hydroxyl groups excluding tert-OH is 1. The quantitative estimate of drug-likeness (QED) is 0.892. The van der Waals surface area contributed by atoms with Gasteiger partial charge in [0.25, 0.3) is 5.91 Å². The van der Waals surface area contributed by atoms with E-state index in [1.807, 2.05) is 48.5 Å². The van der Waals surface area contributed by atoms with Crippen LogP contribution in [0.1, 0.15) is 5.56 Å². The lowest BCUT2D eigenvalue weighted by Crippen LogP contribution is -2.30. The summed E-state index contributed by atoms with van der Waals surface area (Å²) in [4.78, 5) is 13.2. The molecule has 2 N–H and O–H groups in total. The molecule has 0 saturated heterocycles. The van der Waals surface area contributed by atoms with Crippen LogP contribution in [0.15, 0.2) is 70.2 Å². The van der Waals surface area contributed by atoms with Gasteiger partial charge in [-0.15, -0.1) is 0 Å². The molecular formula is C17H14ClNO2S. The Morgan fingerprint density at radius 2 is 1.77 bits per heavy atom. The maximum Gasteiger partial charge on any atom is 0.262 e. The molecule has 5 heteroatoms. The standard InChI is InChI=1S/C17H14ClNO2S/c18-12-8-4-5-9-14(12)22-16-15(20)13(19-17(16)21)10-11-6-2-1-3-7-11/h1-9,13,20H,10H2,(H,19,21). The van der Waals surface area contributed by atoms with Crippen molar-refractivity contribution in [3.05, 3.63) is 75.8 Å². The van der Waals surface area contributed by atoms with Gasteiger partial charge in [0.15, 0.2) is 0 Å². The largest absolute Gasteiger partial charge is 0.509 e. The zero-order valence-electron chi connectivity index (χ0n) is 11.6. The van der Waals surface area contributed by atoms with E-state index < -0.39 is 0 Å². The van der Waals surface area contributed by atoms with Gasteiger partial charge in [0.05, 0.1) is 11.1 Å². The fourth-order valence-corrected chi connectivity index (χ4v) is 3.48. The molecule has 0 saturated carbocycles. The summed E-state index contributed by atoms with van der Waals surface area (Å²) in [5.74, 6) is -0.179. The van der Waals surface area contributed by atoms with Gasteiger partial charge >= 0.3 is 0 Å². The molecule has 3 rings (SSSR count). The molecular weight excluding hydrogens is 318 g/mol. The zero-order valence-corrected chi connectivity index (χ0v) is 13.2. The van der Waals surface area contributed by atoms with Crippen LogP contribution in [0.5, 0.6) is 0 Å². The third-order valence-electron chi connectivity index (χ3n) is 3.41. The van der Waals surface area contributed by atoms with Gasteiger partial charge < -0.3 is 10.4 Å². The number of thioether (sulfide) groups is 1. The first-order valence-corrected chi connectivity index (χ1v) is 8.05. The van der Waals surface area contributed by atoms with E-state index in [1.54, 1.807) is 6.07 Å². The van der Waals surface area contributed by atoms with E-state index in [-0.39, 0.29) is 17.7 Å². The lowest BCUT2D eigenvalue weighted by atomic mass is 10.1. The molecule has 1 aliphatic heterocycles. The highest BCUT2D eigenvalue weighted by Crippen LogP contribution is 2.36. The Hall–Kier alpha value is -1.91. The van der Waals surface area contributed by atoms with Crippen molar-refractivity contribution >= 4 is 29.3 Å². The number of rotatable bonds is 4. The van der Waals surface area contributed by atoms with Gasteiger partial charge in [0, 0.05) is 4.90 Å². The first-order valence-electron chi connectivity index (χ1n) is 6.85. The molecule has 0 bridgehead atoms. The summed E-state index contributed by atoms with van der Waals surface area (Å²) in [5.41, 5.74) is 1.06. The van der Waals surface area contributed by atoms with Gasteiger partial charge in [0.2, 0.25) is 0 Å². The first kappa shape index (κ1) is 15.0. The van der Waals surface area contributed by atoms with Crippen LogP contribution in [0.25, 0.3) is 0 Å². The van der Waals surface area contributed by atoms with Gasteiger partial charge in [-0.05, 0) is 24.1 Å². The van der Waals surface area contributed by atoms with Crippen LogP contribution in [0, 0.1) is 0 Å². The molecule has 22 heavy (non-hydrogen) atoms. The van der Waals surface area contributed by atoms with E-state index >= 15 is 0 Å². The highest BCUT2D eigenvalue weighted by molar-refractivity contribution is 8.04. The van der Waals surface area contributed by atoms with Crippen molar-refractivity contribution < 1.29 is 9.90 Å². The first-order chi connectivity index (χ1) is 10.6. The van der Waals surface area contributed by atoms with Crippen LogP contribution in [-0.2, 0) is 11.2 Å². The lowest BCUT2D eigenvalue weighted by Gasteiger charge is -2.10. The summed E-state index contributed by atoms with van der Waals surface area (Å²) in [7, 11) is 0. The Morgan fingerprint density at radius 3 is 2.50 bits per heavy atom. The van der Waals surface area contributed by atoms with Gasteiger partial charge in [-0.2, -0.15) is 0 Å². The van der Waals surface area contributed by atoms with Gasteiger partial charge in [0.1, 0.15) is 10.7 Å². The Balaban J connectivity index is 1.81. The molecule has 1 aliphatic rings. The average Bonchev–Trinajstić information content (AvgIpc) is 2.78. The van der Waals surface area contributed by atoms with Gasteiger partial charge in [-0.1, -0.05) is 65.8 Å². The highest BCUT2D eigenvalue weighted by atomic mass is 35.5. The van der Waals surface area contributed by atoms with Crippen molar-refractivity contribution in [3.8, 4) is 0 Å². The normalized spacial score (nSPS) is 17.7. The fraction of sp³-hybridized carbons (Fsp3) is 0.118. The molecule has 112 valence electrons. The number of benzene rings is 2. The molecule has 1 heterocycles. The van der Waals surface area contributed by atoms with E-state index in [2.05, 4.69) is 5.32 Å². The van der Waals surface area contributed by atoms with Gasteiger partial charge in [-0.25, -0.2) is 0 Å². The van der Waals surface area contributed by atoms with E-state index in [0.717, 1.165) is 10.5 Å². The van der Waals surface area contributed by atoms with Crippen molar-refractivity contribution in [3.63, 3.8) is 0 Å². The Bertz CT molecular complexity index is 730. The SMILES string of the molecule is O=C1NC(Cc2ccccc2)C(O)=C1Sc1ccccc1Cl. The van der Waals surface area contributed by atoms with Crippen LogP contribution in [0.3, 0.4) is 0 Å². The third-order valence-corrected chi connectivity index (χ3v) is 5.02. The van der Waals surface area contributed by atoms with Crippen molar-refractivity contribution in [1.29, 1.82) is 0 Å². The average molecular weight is 332 g/mol. The Morgan fingerprint density at radius 1 is 1.09 bits per heavy atom. The lowest BCUT2D eigenvalue weighted by molar-refractivity contribution is -0.116. The third kappa shape index (κ3) is 3.13. The smallest absolute Gasteiger partial charge is 0.262 e. The van der Waals surface area contributed by atoms with Crippen LogP contribution >= 0.6 is 23.4 Å². The molecule has 1 amide bonds. The molecule has 1 unspecified atom stereocenters. The number of aliphatic hydroxyl groups is 1. The molecule has 0 aromatic heterocycles. The number of amides is 1. The zero-order chi connectivity index (χ0) is 15.5. The monoisotopic (exact) mass is 331 g/mol. The van der Waals surface area contributed by atoms with E-state index in [1.165, 1.54) is 11.8 Å². The molecule has 0 aliphatic carbocycles. The minimum absolute atomic E-state index is 0.0822. The van der Waals surface area contributed by atoms with Crippen LogP contribution in [0.2, 0.25) is 5.02 Å². The summed E-state index contributed by atoms with van der Waals surface area (Å²) in [6.07, 6.45) is 0.561. The van der Waals surface area contributed by atoms with Crippen molar-refractivity contribution in [1.82, 2.24) is 5.32 Å². The molecule has 0 radical (unpaired) electrons. The summed E-state index contributed by atoms with van der Waals surface area (Å²) in [6, 6.07) is 16.6. The van der Waals surface area contributed by atoms with E-state index in [9.17, 15) is 9.90 Å². The molecule has 0 spiro atoms. The van der Waals surface area contributed by atoms with Crippen molar-refractivity contribution in [2.24, 2.45) is 0 Å². The Labute approximate surface area is 138 Å².